The lowest BCUT2D eigenvalue weighted by Gasteiger charge is -2.13. The van der Waals surface area contributed by atoms with Crippen LogP contribution >= 0.6 is 11.5 Å². The van der Waals surface area contributed by atoms with Crippen molar-refractivity contribution in [2.24, 2.45) is 0 Å². The SMILES string of the molecule is CC(C)(O)C(=O)Cc1csnn1. The Balaban J connectivity index is 2.60. The molecule has 0 saturated carbocycles. The standard InChI is InChI=1S/C7H10N2O2S/c1-7(2,11)6(10)3-5-4-12-9-8-5/h4,11H,3H2,1-2H3. The fourth-order valence-corrected chi connectivity index (χ4v) is 1.09. The number of rotatable bonds is 3. The highest BCUT2D eigenvalue weighted by atomic mass is 32.1. The summed E-state index contributed by atoms with van der Waals surface area (Å²) in [5, 5.41) is 14.7. The van der Waals surface area contributed by atoms with E-state index in [0.717, 1.165) is 0 Å². The first-order valence-corrected chi connectivity index (χ1v) is 4.35. The summed E-state index contributed by atoms with van der Waals surface area (Å²) in [5.41, 5.74) is -0.656. The highest BCUT2D eigenvalue weighted by molar-refractivity contribution is 7.03. The molecule has 0 aliphatic heterocycles. The van der Waals surface area contributed by atoms with Crippen LogP contribution in [-0.2, 0) is 11.2 Å². The van der Waals surface area contributed by atoms with Crippen molar-refractivity contribution in [3.8, 4) is 0 Å². The van der Waals surface area contributed by atoms with E-state index in [1.165, 1.54) is 25.4 Å². The molecule has 1 aromatic heterocycles. The summed E-state index contributed by atoms with van der Waals surface area (Å²) in [6.07, 6.45) is 0.153. The molecule has 0 fully saturated rings. The third-order valence-electron chi connectivity index (χ3n) is 1.43. The van der Waals surface area contributed by atoms with Gasteiger partial charge in [0.15, 0.2) is 5.78 Å². The van der Waals surface area contributed by atoms with E-state index in [0.29, 0.717) is 5.69 Å². The maximum atomic E-state index is 11.2. The number of nitrogens with zero attached hydrogens (tertiary/aromatic N) is 2. The Kier molecular flexibility index (Phi) is 2.54. The van der Waals surface area contributed by atoms with E-state index in [1.54, 1.807) is 5.38 Å². The molecule has 1 N–H and O–H groups in total. The number of aliphatic hydroxyl groups is 1. The quantitative estimate of drug-likeness (QED) is 0.743. The van der Waals surface area contributed by atoms with Crippen LogP contribution in [0.5, 0.6) is 0 Å². The van der Waals surface area contributed by atoms with Gasteiger partial charge < -0.3 is 5.11 Å². The van der Waals surface area contributed by atoms with Gasteiger partial charge in [0.05, 0.1) is 12.1 Å². The monoisotopic (exact) mass is 186 g/mol. The second-order valence-electron chi connectivity index (χ2n) is 3.06. The predicted octanol–water partition coefficient (Wildman–Crippen LogP) is 0.421. The zero-order valence-electron chi connectivity index (χ0n) is 6.94. The summed E-state index contributed by atoms with van der Waals surface area (Å²) >= 11 is 1.20. The third-order valence-corrected chi connectivity index (χ3v) is 1.98. The van der Waals surface area contributed by atoms with Crippen molar-refractivity contribution in [1.29, 1.82) is 0 Å². The molecular formula is C7H10N2O2S. The summed E-state index contributed by atoms with van der Waals surface area (Å²) in [5.74, 6) is -0.241. The van der Waals surface area contributed by atoms with E-state index >= 15 is 0 Å². The molecule has 5 heteroatoms. The van der Waals surface area contributed by atoms with Gasteiger partial charge in [0, 0.05) is 5.38 Å². The molecule has 1 rings (SSSR count). The normalized spacial score (nSPS) is 11.6. The summed E-state index contributed by atoms with van der Waals surface area (Å²) < 4.78 is 3.62. The number of hydrogen-bond acceptors (Lipinski definition) is 5. The first kappa shape index (κ1) is 9.28. The molecule has 66 valence electrons. The van der Waals surface area contributed by atoms with Gasteiger partial charge in [-0.1, -0.05) is 4.49 Å². The van der Waals surface area contributed by atoms with E-state index in [2.05, 4.69) is 9.59 Å². The largest absolute Gasteiger partial charge is 0.383 e. The van der Waals surface area contributed by atoms with Crippen LogP contribution in [0, 0.1) is 0 Å². The van der Waals surface area contributed by atoms with Gasteiger partial charge in [-0.15, -0.1) is 5.10 Å². The lowest BCUT2D eigenvalue weighted by Crippen LogP contribution is -2.32. The molecule has 0 amide bonds. The molecule has 0 saturated heterocycles. The number of aromatic nitrogens is 2. The minimum atomic E-state index is -1.27. The molecule has 12 heavy (non-hydrogen) atoms. The van der Waals surface area contributed by atoms with Crippen LogP contribution in [-0.4, -0.2) is 26.1 Å². The van der Waals surface area contributed by atoms with Crippen LogP contribution in [0.3, 0.4) is 0 Å². The zero-order valence-corrected chi connectivity index (χ0v) is 7.76. The van der Waals surface area contributed by atoms with Gasteiger partial charge in [0.2, 0.25) is 0 Å². The summed E-state index contributed by atoms with van der Waals surface area (Å²) in [6, 6.07) is 0. The molecule has 0 atom stereocenters. The summed E-state index contributed by atoms with van der Waals surface area (Å²) in [7, 11) is 0. The van der Waals surface area contributed by atoms with Crippen molar-refractivity contribution < 1.29 is 9.90 Å². The molecule has 0 aliphatic carbocycles. The molecule has 0 aliphatic rings. The van der Waals surface area contributed by atoms with Crippen molar-refractivity contribution >= 4 is 17.3 Å². The van der Waals surface area contributed by atoms with Crippen molar-refractivity contribution in [2.75, 3.05) is 0 Å². The maximum absolute atomic E-state index is 11.2. The van der Waals surface area contributed by atoms with Crippen LogP contribution < -0.4 is 0 Å². The Morgan fingerprint density at radius 2 is 2.42 bits per heavy atom. The van der Waals surface area contributed by atoms with E-state index in [-0.39, 0.29) is 12.2 Å². The highest BCUT2D eigenvalue weighted by Gasteiger charge is 2.24. The van der Waals surface area contributed by atoms with Gasteiger partial charge in [-0.2, -0.15) is 0 Å². The summed E-state index contributed by atoms with van der Waals surface area (Å²) in [4.78, 5) is 11.2. The Morgan fingerprint density at radius 1 is 1.75 bits per heavy atom. The van der Waals surface area contributed by atoms with E-state index in [9.17, 15) is 9.90 Å². The van der Waals surface area contributed by atoms with Gasteiger partial charge >= 0.3 is 0 Å². The predicted molar refractivity (Wildman–Crippen MR) is 44.9 cm³/mol. The van der Waals surface area contributed by atoms with Crippen molar-refractivity contribution in [2.45, 2.75) is 25.9 Å². The number of carbonyl (C=O) groups excluding carboxylic acids is 1. The molecule has 0 aromatic carbocycles. The van der Waals surface area contributed by atoms with Gasteiger partial charge in [-0.05, 0) is 25.4 Å². The highest BCUT2D eigenvalue weighted by Crippen LogP contribution is 2.08. The molecule has 1 heterocycles. The van der Waals surface area contributed by atoms with Crippen LogP contribution in [0.25, 0.3) is 0 Å². The second kappa shape index (κ2) is 3.28. The Bertz CT molecular complexity index is 263. The Hall–Kier alpha value is -0.810. The van der Waals surface area contributed by atoms with Crippen LogP contribution in [0.2, 0.25) is 0 Å². The van der Waals surface area contributed by atoms with Crippen LogP contribution in [0.1, 0.15) is 19.5 Å². The lowest BCUT2D eigenvalue weighted by molar-refractivity contribution is -0.133. The van der Waals surface area contributed by atoms with E-state index in [1.807, 2.05) is 0 Å². The van der Waals surface area contributed by atoms with Gasteiger partial charge in [0.25, 0.3) is 0 Å². The minimum absolute atomic E-state index is 0.153. The topological polar surface area (TPSA) is 63.1 Å². The summed E-state index contributed by atoms with van der Waals surface area (Å²) in [6.45, 7) is 2.93. The van der Waals surface area contributed by atoms with Gasteiger partial charge in [-0.3, -0.25) is 4.79 Å². The molecule has 0 bridgehead atoms. The first-order chi connectivity index (χ1) is 5.50. The van der Waals surface area contributed by atoms with Crippen molar-refractivity contribution in [3.63, 3.8) is 0 Å². The average molecular weight is 186 g/mol. The second-order valence-corrected chi connectivity index (χ2v) is 3.67. The molecule has 1 aromatic rings. The number of carbonyl (C=O) groups is 1. The van der Waals surface area contributed by atoms with Crippen molar-refractivity contribution in [3.05, 3.63) is 11.1 Å². The molecule has 0 unspecified atom stereocenters. The molecular weight excluding hydrogens is 176 g/mol. The number of hydrogen-bond donors (Lipinski definition) is 1. The molecule has 4 nitrogen and oxygen atoms in total. The zero-order chi connectivity index (χ0) is 9.19. The van der Waals surface area contributed by atoms with Crippen molar-refractivity contribution in [1.82, 2.24) is 9.59 Å². The molecule has 0 spiro atoms. The van der Waals surface area contributed by atoms with Crippen LogP contribution in [0.4, 0.5) is 0 Å². The minimum Gasteiger partial charge on any atom is -0.383 e. The molecule has 0 radical (unpaired) electrons. The van der Waals surface area contributed by atoms with Crippen LogP contribution in [0.15, 0.2) is 5.38 Å². The number of Topliss-reactive ketones (excluding diaryl/α,β-unsaturated/α-hetero) is 1. The fraction of sp³-hybridized carbons (Fsp3) is 0.571. The fourth-order valence-electron chi connectivity index (χ4n) is 0.642. The van der Waals surface area contributed by atoms with E-state index < -0.39 is 5.60 Å². The Morgan fingerprint density at radius 3 is 2.83 bits per heavy atom. The maximum Gasteiger partial charge on any atom is 0.169 e. The Labute approximate surface area is 74.4 Å². The number of ketones is 1. The van der Waals surface area contributed by atoms with Gasteiger partial charge in [-0.25, -0.2) is 0 Å². The third kappa shape index (κ3) is 2.35. The average Bonchev–Trinajstić information content (AvgIpc) is 2.37. The van der Waals surface area contributed by atoms with E-state index in [4.69, 9.17) is 0 Å². The first-order valence-electron chi connectivity index (χ1n) is 3.52. The lowest BCUT2D eigenvalue weighted by atomic mass is 10.0. The smallest absolute Gasteiger partial charge is 0.169 e. The van der Waals surface area contributed by atoms with Gasteiger partial charge in [0.1, 0.15) is 5.60 Å².